The first-order chi connectivity index (χ1) is 15.9. The summed E-state index contributed by atoms with van der Waals surface area (Å²) in [6.45, 7) is 0. The molecule has 0 aliphatic rings. The predicted octanol–water partition coefficient (Wildman–Crippen LogP) is -1.30. The van der Waals surface area contributed by atoms with Gasteiger partial charge in [-0.15, -0.1) is 0 Å². The standard InChI is InChI=1S/C19H32N4O9S2/c1-33-7-5-11(21-16(28)10(20)9-15(26)27)17(29)22-12(6-8-34-2)18(30)23-13(19(31)32)3-4-14(24)25/h10-13H,3-9,20H2,1-2H3,(H,21,28)(H,22,29)(H,23,30)(H,24,25)(H,26,27)(H,31,32). The van der Waals surface area contributed by atoms with Crippen LogP contribution in [0.4, 0.5) is 0 Å². The molecular weight excluding hydrogens is 492 g/mol. The third-order valence-corrected chi connectivity index (χ3v) is 5.77. The van der Waals surface area contributed by atoms with E-state index in [1.807, 2.05) is 0 Å². The number of carbonyl (C=O) groups excluding carboxylic acids is 3. The van der Waals surface area contributed by atoms with E-state index in [2.05, 4.69) is 16.0 Å². The van der Waals surface area contributed by atoms with Crippen LogP contribution in [0, 0.1) is 0 Å². The number of carbonyl (C=O) groups is 6. The number of carboxylic acid groups (broad SMARTS) is 3. The summed E-state index contributed by atoms with van der Waals surface area (Å²) in [5.41, 5.74) is 5.55. The highest BCUT2D eigenvalue weighted by atomic mass is 32.2. The highest BCUT2D eigenvalue weighted by molar-refractivity contribution is 7.98. The monoisotopic (exact) mass is 524 g/mol. The Morgan fingerprint density at radius 2 is 1.15 bits per heavy atom. The number of amides is 3. The molecule has 34 heavy (non-hydrogen) atoms. The minimum atomic E-state index is -1.46. The van der Waals surface area contributed by atoms with Crippen LogP contribution in [0.1, 0.15) is 32.1 Å². The lowest BCUT2D eigenvalue weighted by Gasteiger charge is -2.25. The van der Waals surface area contributed by atoms with Gasteiger partial charge in [-0.3, -0.25) is 24.0 Å². The van der Waals surface area contributed by atoms with Gasteiger partial charge < -0.3 is 37.0 Å². The third kappa shape index (κ3) is 13.3. The minimum Gasteiger partial charge on any atom is -0.481 e. The molecule has 0 aliphatic carbocycles. The van der Waals surface area contributed by atoms with Crippen molar-refractivity contribution in [1.29, 1.82) is 0 Å². The molecular formula is C19H32N4O9S2. The highest BCUT2D eigenvalue weighted by Crippen LogP contribution is 2.07. The molecule has 13 nitrogen and oxygen atoms in total. The van der Waals surface area contributed by atoms with Gasteiger partial charge in [0.2, 0.25) is 17.7 Å². The molecule has 0 saturated carbocycles. The molecule has 0 spiro atoms. The zero-order valence-electron chi connectivity index (χ0n) is 18.9. The van der Waals surface area contributed by atoms with Crippen LogP contribution in [0.25, 0.3) is 0 Å². The normalized spacial score (nSPS) is 14.2. The van der Waals surface area contributed by atoms with E-state index in [-0.39, 0.29) is 19.3 Å². The molecule has 4 unspecified atom stereocenters. The topological polar surface area (TPSA) is 225 Å². The molecule has 0 bridgehead atoms. The van der Waals surface area contributed by atoms with Gasteiger partial charge in [-0.1, -0.05) is 0 Å². The van der Waals surface area contributed by atoms with Crippen molar-refractivity contribution in [3.05, 3.63) is 0 Å². The molecule has 3 amide bonds. The number of carboxylic acids is 3. The summed E-state index contributed by atoms with van der Waals surface area (Å²) >= 11 is 2.79. The first kappa shape index (κ1) is 31.5. The van der Waals surface area contributed by atoms with Crippen molar-refractivity contribution in [3.63, 3.8) is 0 Å². The van der Waals surface area contributed by atoms with E-state index in [0.29, 0.717) is 11.5 Å². The van der Waals surface area contributed by atoms with Crippen LogP contribution in [0.2, 0.25) is 0 Å². The Labute approximate surface area is 205 Å². The molecule has 0 heterocycles. The lowest BCUT2D eigenvalue weighted by Crippen LogP contribution is -2.57. The molecule has 15 heteroatoms. The number of aliphatic carboxylic acids is 3. The molecule has 0 radical (unpaired) electrons. The summed E-state index contributed by atoms with van der Waals surface area (Å²) < 4.78 is 0. The highest BCUT2D eigenvalue weighted by Gasteiger charge is 2.30. The Bertz CT molecular complexity index is 739. The van der Waals surface area contributed by atoms with Gasteiger partial charge >= 0.3 is 17.9 Å². The smallest absolute Gasteiger partial charge is 0.326 e. The molecule has 194 valence electrons. The zero-order chi connectivity index (χ0) is 26.3. The molecule has 8 N–H and O–H groups in total. The fourth-order valence-electron chi connectivity index (χ4n) is 2.64. The molecule has 0 fully saturated rings. The van der Waals surface area contributed by atoms with Crippen LogP contribution in [0.3, 0.4) is 0 Å². The van der Waals surface area contributed by atoms with Gasteiger partial charge in [0.05, 0.1) is 12.5 Å². The molecule has 0 rings (SSSR count). The van der Waals surface area contributed by atoms with Crippen molar-refractivity contribution >= 4 is 59.2 Å². The molecule has 0 aromatic heterocycles. The SMILES string of the molecule is CSCCC(NC(=O)C(N)CC(=O)O)C(=O)NC(CCSC)C(=O)NC(CCC(=O)O)C(=O)O. The number of rotatable bonds is 18. The van der Waals surface area contributed by atoms with E-state index in [1.165, 1.54) is 23.5 Å². The van der Waals surface area contributed by atoms with Gasteiger partial charge in [-0.2, -0.15) is 23.5 Å². The summed E-state index contributed by atoms with van der Waals surface area (Å²) in [5.74, 6) is -5.38. The fourth-order valence-corrected chi connectivity index (χ4v) is 3.58. The molecule has 0 aromatic carbocycles. The zero-order valence-corrected chi connectivity index (χ0v) is 20.6. The van der Waals surface area contributed by atoms with Crippen LogP contribution in [-0.2, 0) is 28.8 Å². The molecule has 4 atom stereocenters. The number of hydrogen-bond acceptors (Lipinski definition) is 9. The maximum absolute atomic E-state index is 12.9. The lowest BCUT2D eigenvalue weighted by atomic mass is 10.1. The van der Waals surface area contributed by atoms with Gasteiger partial charge in [0.1, 0.15) is 18.1 Å². The average Bonchev–Trinajstić information content (AvgIpc) is 2.75. The van der Waals surface area contributed by atoms with Crippen LogP contribution in [0.15, 0.2) is 0 Å². The third-order valence-electron chi connectivity index (χ3n) is 4.48. The van der Waals surface area contributed by atoms with Crippen LogP contribution in [-0.4, -0.2) is 99.1 Å². The lowest BCUT2D eigenvalue weighted by molar-refractivity contribution is -0.143. The van der Waals surface area contributed by atoms with Crippen LogP contribution < -0.4 is 21.7 Å². The number of thioether (sulfide) groups is 2. The summed E-state index contributed by atoms with van der Waals surface area (Å²) in [6, 6.07) is -5.08. The van der Waals surface area contributed by atoms with Gasteiger partial charge in [-0.05, 0) is 43.3 Å². The molecule has 0 aromatic rings. The first-order valence-corrected chi connectivity index (χ1v) is 13.0. The van der Waals surface area contributed by atoms with Crippen molar-refractivity contribution in [3.8, 4) is 0 Å². The van der Waals surface area contributed by atoms with Gasteiger partial charge in [0, 0.05) is 6.42 Å². The van der Waals surface area contributed by atoms with Gasteiger partial charge in [-0.25, -0.2) is 4.79 Å². The number of hydrogen-bond donors (Lipinski definition) is 7. The van der Waals surface area contributed by atoms with E-state index in [4.69, 9.17) is 15.9 Å². The van der Waals surface area contributed by atoms with Gasteiger partial charge in [0.25, 0.3) is 0 Å². The maximum atomic E-state index is 12.9. The maximum Gasteiger partial charge on any atom is 0.326 e. The Morgan fingerprint density at radius 1 is 0.706 bits per heavy atom. The Hall–Kier alpha value is -2.52. The van der Waals surface area contributed by atoms with Crippen molar-refractivity contribution in [1.82, 2.24) is 16.0 Å². The summed E-state index contributed by atoms with van der Waals surface area (Å²) in [6.07, 6.45) is 2.43. The van der Waals surface area contributed by atoms with Crippen molar-refractivity contribution in [2.24, 2.45) is 5.73 Å². The van der Waals surface area contributed by atoms with E-state index in [1.54, 1.807) is 12.5 Å². The van der Waals surface area contributed by atoms with Crippen LogP contribution in [0.5, 0.6) is 0 Å². The van der Waals surface area contributed by atoms with E-state index in [0.717, 1.165) is 0 Å². The quantitative estimate of drug-likeness (QED) is 0.111. The van der Waals surface area contributed by atoms with Crippen molar-refractivity contribution in [2.75, 3.05) is 24.0 Å². The predicted molar refractivity (Wildman–Crippen MR) is 127 cm³/mol. The second-order valence-corrected chi connectivity index (χ2v) is 9.19. The van der Waals surface area contributed by atoms with Crippen LogP contribution >= 0.6 is 23.5 Å². The minimum absolute atomic E-state index is 0.145. The average molecular weight is 525 g/mol. The first-order valence-electron chi connectivity index (χ1n) is 10.2. The number of nitrogens with one attached hydrogen (secondary N) is 3. The summed E-state index contributed by atoms with van der Waals surface area (Å²) in [7, 11) is 0. The number of nitrogens with two attached hydrogens (primary N) is 1. The van der Waals surface area contributed by atoms with E-state index in [9.17, 15) is 33.9 Å². The van der Waals surface area contributed by atoms with Gasteiger partial charge in [0.15, 0.2) is 0 Å². The molecule has 0 saturated heterocycles. The second-order valence-electron chi connectivity index (χ2n) is 7.22. The summed E-state index contributed by atoms with van der Waals surface area (Å²) in [4.78, 5) is 70.7. The Morgan fingerprint density at radius 3 is 1.53 bits per heavy atom. The fraction of sp³-hybridized carbons (Fsp3) is 0.684. The van der Waals surface area contributed by atoms with E-state index >= 15 is 0 Å². The Kier molecular flexibility index (Phi) is 15.7. The van der Waals surface area contributed by atoms with E-state index < -0.39 is 72.6 Å². The molecule has 0 aliphatic heterocycles. The largest absolute Gasteiger partial charge is 0.481 e. The second kappa shape index (κ2) is 17.0. The van der Waals surface area contributed by atoms with Crippen molar-refractivity contribution < 1.29 is 44.1 Å². The Balaban J connectivity index is 5.43. The van der Waals surface area contributed by atoms with Crippen molar-refractivity contribution in [2.45, 2.75) is 56.3 Å². The summed E-state index contributed by atoms with van der Waals surface area (Å²) in [5, 5.41) is 34.0.